The van der Waals surface area contributed by atoms with Gasteiger partial charge < -0.3 is 10.6 Å². The highest BCUT2D eigenvalue weighted by Crippen LogP contribution is 2.33. The Bertz CT molecular complexity index is 385. The number of amides is 1. The number of carbonyl (C=O) groups is 1. The van der Waals surface area contributed by atoms with E-state index in [1.165, 1.54) is 12.8 Å². The van der Waals surface area contributed by atoms with Crippen LogP contribution in [0.25, 0.3) is 0 Å². The second kappa shape index (κ2) is 4.55. The van der Waals surface area contributed by atoms with Gasteiger partial charge in [-0.25, -0.2) is 0 Å². The fourth-order valence-electron chi connectivity index (χ4n) is 1.40. The number of nitrogens with one attached hydrogen (secondary N) is 2. The molecular weight excluding hydrogens is 268 g/mol. The smallest absolute Gasteiger partial charge is 0.238 e. The van der Waals surface area contributed by atoms with Crippen LogP contribution in [0.5, 0.6) is 0 Å². The van der Waals surface area contributed by atoms with E-state index in [1.54, 1.807) is 0 Å². The molecule has 1 aliphatic carbocycles. The SMILES string of the molecule is CC1(NCC(=O)Nc2ccc(Br)cc2)CC1. The molecular formula is C12H15BrN2O. The molecule has 1 aromatic carbocycles. The Morgan fingerprint density at radius 2 is 2.00 bits per heavy atom. The fraction of sp³-hybridized carbons (Fsp3) is 0.417. The average molecular weight is 283 g/mol. The molecule has 1 saturated carbocycles. The van der Waals surface area contributed by atoms with Gasteiger partial charge in [0.25, 0.3) is 0 Å². The van der Waals surface area contributed by atoms with Gasteiger partial charge in [-0.1, -0.05) is 15.9 Å². The first-order valence-corrected chi connectivity index (χ1v) is 6.17. The first kappa shape index (κ1) is 11.6. The second-order valence-corrected chi connectivity index (χ2v) is 5.38. The van der Waals surface area contributed by atoms with Gasteiger partial charge in [0.1, 0.15) is 0 Å². The zero-order valence-electron chi connectivity index (χ0n) is 9.22. The van der Waals surface area contributed by atoms with Gasteiger partial charge >= 0.3 is 0 Å². The van der Waals surface area contributed by atoms with Gasteiger partial charge in [-0.15, -0.1) is 0 Å². The van der Waals surface area contributed by atoms with Gasteiger partial charge in [0.2, 0.25) is 5.91 Å². The summed E-state index contributed by atoms with van der Waals surface area (Å²) in [6.45, 7) is 2.52. The van der Waals surface area contributed by atoms with Crippen LogP contribution in [0, 0.1) is 0 Å². The van der Waals surface area contributed by atoms with Crippen molar-refractivity contribution in [3.8, 4) is 0 Å². The summed E-state index contributed by atoms with van der Waals surface area (Å²) in [4.78, 5) is 11.6. The van der Waals surface area contributed by atoms with Crippen molar-refractivity contribution < 1.29 is 4.79 Å². The van der Waals surface area contributed by atoms with Crippen molar-refractivity contribution in [2.75, 3.05) is 11.9 Å². The molecule has 16 heavy (non-hydrogen) atoms. The maximum absolute atomic E-state index is 11.6. The summed E-state index contributed by atoms with van der Waals surface area (Å²) in [5.41, 5.74) is 1.03. The van der Waals surface area contributed by atoms with E-state index in [0.717, 1.165) is 10.2 Å². The van der Waals surface area contributed by atoms with E-state index in [4.69, 9.17) is 0 Å². The van der Waals surface area contributed by atoms with Crippen molar-refractivity contribution in [2.45, 2.75) is 25.3 Å². The Balaban J connectivity index is 1.80. The van der Waals surface area contributed by atoms with Gasteiger partial charge in [0.05, 0.1) is 6.54 Å². The van der Waals surface area contributed by atoms with Crippen molar-refractivity contribution in [1.29, 1.82) is 0 Å². The molecule has 0 atom stereocenters. The van der Waals surface area contributed by atoms with Crippen molar-refractivity contribution >= 4 is 27.5 Å². The third-order valence-electron chi connectivity index (χ3n) is 2.80. The number of hydrogen-bond acceptors (Lipinski definition) is 2. The fourth-order valence-corrected chi connectivity index (χ4v) is 1.66. The van der Waals surface area contributed by atoms with Crippen molar-refractivity contribution in [2.24, 2.45) is 0 Å². The number of rotatable bonds is 4. The summed E-state index contributed by atoms with van der Waals surface area (Å²) in [6.07, 6.45) is 2.33. The molecule has 0 spiro atoms. The molecule has 1 amide bonds. The number of benzene rings is 1. The summed E-state index contributed by atoms with van der Waals surface area (Å²) < 4.78 is 1.01. The average Bonchev–Trinajstić information content (AvgIpc) is 2.98. The highest BCUT2D eigenvalue weighted by Gasteiger charge is 2.36. The topological polar surface area (TPSA) is 41.1 Å². The van der Waals surface area contributed by atoms with Gasteiger partial charge in [-0.3, -0.25) is 4.79 Å². The molecule has 0 radical (unpaired) electrons. The van der Waals surface area contributed by atoms with Crippen LogP contribution in [0.3, 0.4) is 0 Å². The van der Waals surface area contributed by atoms with E-state index >= 15 is 0 Å². The molecule has 0 heterocycles. The van der Waals surface area contributed by atoms with Crippen LogP contribution < -0.4 is 10.6 Å². The number of anilines is 1. The molecule has 0 aromatic heterocycles. The molecule has 0 bridgehead atoms. The Morgan fingerprint density at radius 1 is 1.38 bits per heavy atom. The zero-order chi connectivity index (χ0) is 11.6. The molecule has 1 aliphatic rings. The normalized spacial score (nSPS) is 16.9. The predicted molar refractivity (Wildman–Crippen MR) is 68.4 cm³/mol. The van der Waals surface area contributed by atoms with Crippen LogP contribution in [0.1, 0.15) is 19.8 Å². The summed E-state index contributed by atoms with van der Waals surface area (Å²) in [7, 11) is 0. The van der Waals surface area contributed by atoms with E-state index in [2.05, 4.69) is 33.5 Å². The highest BCUT2D eigenvalue weighted by molar-refractivity contribution is 9.10. The first-order valence-electron chi connectivity index (χ1n) is 5.38. The molecule has 0 saturated heterocycles. The van der Waals surface area contributed by atoms with Gasteiger partial charge in [0, 0.05) is 15.7 Å². The largest absolute Gasteiger partial charge is 0.325 e. The Hall–Kier alpha value is -0.870. The molecule has 86 valence electrons. The van der Waals surface area contributed by atoms with Crippen molar-refractivity contribution in [1.82, 2.24) is 5.32 Å². The zero-order valence-corrected chi connectivity index (χ0v) is 10.8. The quantitative estimate of drug-likeness (QED) is 0.891. The molecule has 2 rings (SSSR count). The Morgan fingerprint density at radius 3 is 2.56 bits per heavy atom. The summed E-state index contributed by atoms with van der Waals surface area (Å²) >= 11 is 3.35. The minimum absolute atomic E-state index is 0.00967. The van der Waals surface area contributed by atoms with Crippen LogP contribution in [0.15, 0.2) is 28.7 Å². The van der Waals surface area contributed by atoms with E-state index in [1.807, 2.05) is 24.3 Å². The minimum atomic E-state index is 0.00967. The Labute approximate surface area is 104 Å². The van der Waals surface area contributed by atoms with Gasteiger partial charge in [0.15, 0.2) is 0 Å². The lowest BCUT2D eigenvalue weighted by Gasteiger charge is -2.11. The molecule has 2 N–H and O–H groups in total. The third-order valence-corrected chi connectivity index (χ3v) is 3.33. The van der Waals surface area contributed by atoms with E-state index < -0.39 is 0 Å². The van der Waals surface area contributed by atoms with Crippen molar-refractivity contribution in [3.05, 3.63) is 28.7 Å². The van der Waals surface area contributed by atoms with E-state index in [9.17, 15) is 4.79 Å². The summed E-state index contributed by atoms with van der Waals surface area (Å²) in [5.74, 6) is 0.00967. The molecule has 1 fully saturated rings. The number of halogens is 1. The summed E-state index contributed by atoms with van der Waals surface area (Å²) in [5, 5.41) is 6.09. The van der Waals surface area contributed by atoms with E-state index in [-0.39, 0.29) is 11.4 Å². The highest BCUT2D eigenvalue weighted by atomic mass is 79.9. The minimum Gasteiger partial charge on any atom is -0.325 e. The summed E-state index contributed by atoms with van der Waals surface area (Å²) in [6, 6.07) is 7.57. The standard InChI is InChI=1S/C12H15BrN2O/c1-12(6-7-12)14-8-11(16)15-10-4-2-9(13)3-5-10/h2-5,14H,6-8H2,1H3,(H,15,16). The van der Waals surface area contributed by atoms with Crippen LogP contribution in [0.4, 0.5) is 5.69 Å². The molecule has 1 aromatic rings. The predicted octanol–water partition coefficient (Wildman–Crippen LogP) is 2.53. The van der Waals surface area contributed by atoms with E-state index in [0.29, 0.717) is 6.54 Å². The lowest BCUT2D eigenvalue weighted by atomic mass is 10.3. The lowest BCUT2D eigenvalue weighted by Crippen LogP contribution is -2.35. The van der Waals surface area contributed by atoms with Gasteiger partial charge in [-0.05, 0) is 44.0 Å². The monoisotopic (exact) mass is 282 g/mol. The molecule has 4 heteroatoms. The van der Waals surface area contributed by atoms with Crippen LogP contribution >= 0.6 is 15.9 Å². The number of carbonyl (C=O) groups excluding carboxylic acids is 1. The molecule has 0 unspecified atom stereocenters. The van der Waals surface area contributed by atoms with Crippen LogP contribution in [-0.2, 0) is 4.79 Å². The van der Waals surface area contributed by atoms with Gasteiger partial charge in [-0.2, -0.15) is 0 Å². The molecule has 3 nitrogen and oxygen atoms in total. The van der Waals surface area contributed by atoms with Crippen LogP contribution in [0.2, 0.25) is 0 Å². The second-order valence-electron chi connectivity index (χ2n) is 4.47. The van der Waals surface area contributed by atoms with Crippen LogP contribution in [-0.4, -0.2) is 18.0 Å². The Kier molecular flexibility index (Phi) is 3.30. The lowest BCUT2D eigenvalue weighted by molar-refractivity contribution is -0.115. The number of hydrogen-bond donors (Lipinski definition) is 2. The molecule has 0 aliphatic heterocycles. The maximum atomic E-state index is 11.6. The van der Waals surface area contributed by atoms with Crippen molar-refractivity contribution in [3.63, 3.8) is 0 Å². The third kappa shape index (κ3) is 3.32. The maximum Gasteiger partial charge on any atom is 0.238 e. The first-order chi connectivity index (χ1) is 7.57.